The van der Waals surface area contributed by atoms with Gasteiger partial charge in [0.15, 0.2) is 11.5 Å². The van der Waals surface area contributed by atoms with Crippen molar-refractivity contribution in [2.75, 3.05) is 26.3 Å². The molecule has 2 aromatic carbocycles. The van der Waals surface area contributed by atoms with E-state index in [0.717, 1.165) is 36.1 Å². The Balaban J connectivity index is 1.19. The highest BCUT2D eigenvalue weighted by molar-refractivity contribution is 7.89. The lowest BCUT2D eigenvalue weighted by molar-refractivity contribution is -0.126. The average Bonchev–Trinajstić information content (AvgIpc) is 2.88. The fourth-order valence-corrected chi connectivity index (χ4v) is 6.64. The Kier molecular flexibility index (Phi) is 6.53. The Labute approximate surface area is 201 Å². The molecule has 0 bridgehead atoms. The second-order valence-electron chi connectivity index (χ2n) is 9.45. The van der Waals surface area contributed by atoms with E-state index < -0.39 is 10.0 Å². The van der Waals surface area contributed by atoms with Crippen LogP contribution in [0.4, 0.5) is 0 Å². The summed E-state index contributed by atoms with van der Waals surface area (Å²) in [7, 11) is -3.54. The molecule has 1 atom stereocenters. The minimum Gasteiger partial charge on any atom is -0.486 e. The van der Waals surface area contributed by atoms with Gasteiger partial charge in [0.25, 0.3) is 0 Å². The van der Waals surface area contributed by atoms with Crippen LogP contribution >= 0.6 is 0 Å². The molecule has 2 aliphatic heterocycles. The first-order valence-corrected chi connectivity index (χ1v) is 13.7. The number of sulfonamides is 1. The van der Waals surface area contributed by atoms with Gasteiger partial charge in [-0.05, 0) is 86.4 Å². The number of ether oxygens (including phenoxy) is 2. The van der Waals surface area contributed by atoms with Gasteiger partial charge in [-0.3, -0.25) is 4.79 Å². The number of piperidine rings is 1. The highest BCUT2D eigenvalue weighted by Crippen LogP contribution is 2.33. The molecule has 1 amide bonds. The molecule has 8 heteroatoms. The summed E-state index contributed by atoms with van der Waals surface area (Å²) in [4.78, 5) is 13.3. The topological polar surface area (TPSA) is 84.9 Å². The van der Waals surface area contributed by atoms with E-state index >= 15 is 0 Å². The van der Waals surface area contributed by atoms with Crippen molar-refractivity contribution in [3.8, 4) is 11.5 Å². The van der Waals surface area contributed by atoms with Crippen molar-refractivity contribution in [2.45, 2.75) is 56.4 Å². The Morgan fingerprint density at radius 3 is 2.44 bits per heavy atom. The minimum absolute atomic E-state index is 0.0341. The van der Waals surface area contributed by atoms with Crippen molar-refractivity contribution in [1.29, 1.82) is 0 Å². The summed E-state index contributed by atoms with van der Waals surface area (Å²) in [5.74, 6) is 1.19. The number of nitrogens with zero attached hydrogens (tertiary/aromatic N) is 1. The molecule has 1 fully saturated rings. The van der Waals surface area contributed by atoms with Crippen molar-refractivity contribution in [3.05, 3.63) is 53.1 Å². The van der Waals surface area contributed by atoms with Crippen LogP contribution < -0.4 is 14.8 Å². The summed E-state index contributed by atoms with van der Waals surface area (Å²) in [6, 6.07) is 11.1. The van der Waals surface area contributed by atoms with E-state index in [0.29, 0.717) is 49.8 Å². The molecule has 0 spiro atoms. The molecule has 2 heterocycles. The zero-order valence-corrected chi connectivity index (χ0v) is 20.4. The van der Waals surface area contributed by atoms with Crippen LogP contribution in [0.1, 0.15) is 55.3 Å². The van der Waals surface area contributed by atoms with E-state index in [-0.39, 0.29) is 17.9 Å². The maximum atomic E-state index is 13.2. The van der Waals surface area contributed by atoms with Crippen molar-refractivity contribution >= 4 is 15.9 Å². The van der Waals surface area contributed by atoms with E-state index in [1.807, 2.05) is 37.3 Å². The number of amides is 1. The number of nitrogens with one attached hydrogen (secondary N) is 1. The third-order valence-corrected chi connectivity index (χ3v) is 9.10. The first-order chi connectivity index (χ1) is 16.4. The van der Waals surface area contributed by atoms with E-state index in [1.165, 1.54) is 16.3 Å². The van der Waals surface area contributed by atoms with Gasteiger partial charge in [0.1, 0.15) is 13.2 Å². The van der Waals surface area contributed by atoms with Gasteiger partial charge >= 0.3 is 0 Å². The first kappa shape index (κ1) is 23.2. The van der Waals surface area contributed by atoms with E-state index in [9.17, 15) is 13.2 Å². The molecule has 7 nitrogen and oxygen atoms in total. The summed E-state index contributed by atoms with van der Waals surface area (Å²) < 4.78 is 39.2. The van der Waals surface area contributed by atoms with Crippen molar-refractivity contribution in [3.63, 3.8) is 0 Å². The standard InChI is InChI=1S/C26H32N2O5S/c1-18(21-7-9-24-25(17-21)33-15-14-32-24)27-26(29)20-10-12-28(13-11-20)34(30,31)23-8-6-19-4-2-3-5-22(19)16-23/h6-9,16-18,20H,2-5,10-15H2,1H3,(H,27,29)/t18-/m1/s1. The molecule has 0 aromatic heterocycles. The number of fused-ring (bicyclic) bond motifs is 2. The van der Waals surface area contributed by atoms with Gasteiger partial charge in [0.2, 0.25) is 15.9 Å². The Hall–Kier alpha value is -2.58. The molecule has 1 aliphatic carbocycles. The normalized spacial score (nSPS) is 19.8. The summed E-state index contributed by atoms with van der Waals surface area (Å²) in [6.45, 7) is 3.72. The fraction of sp³-hybridized carbons (Fsp3) is 0.500. The molecule has 5 rings (SSSR count). The molecule has 2 aromatic rings. The average molecular weight is 485 g/mol. The molecule has 0 radical (unpaired) electrons. The molecular formula is C26H32N2O5S. The Morgan fingerprint density at radius 1 is 0.971 bits per heavy atom. The summed E-state index contributed by atoms with van der Waals surface area (Å²) in [5, 5.41) is 3.09. The molecular weight excluding hydrogens is 452 g/mol. The predicted molar refractivity (Wildman–Crippen MR) is 129 cm³/mol. The molecule has 34 heavy (non-hydrogen) atoms. The van der Waals surface area contributed by atoms with Crippen molar-refractivity contribution < 1.29 is 22.7 Å². The van der Waals surface area contributed by atoms with Crippen LogP contribution in [0.15, 0.2) is 41.3 Å². The zero-order valence-electron chi connectivity index (χ0n) is 19.6. The van der Waals surface area contributed by atoms with Crippen molar-refractivity contribution in [1.82, 2.24) is 9.62 Å². The van der Waals surface area contributed by atoms with Crippen LogP contribution in [-0.4, -0.2) is 44.9 Å². The van der Waals surface area contributed by atoms with Gasteiger partial charge in [-0.2, -0.15) is 4.31 Å². The number of carbonyl (C=O) groups excluding carboxylic acids is 1. The SMILES string of the molecule is C[C@@H](NC(=O)C1CCN(S(=O)(=O)c2ccc3c(c2)CCCC3)CC1)c1ccc2c(c1)OCCO2. The van der Waals surface area contributed by atoms with Crippen LogP contribution in [0.2, 0.25) is 0 Å². The lowest BCUT2D eigenvalue weighted by atomic mass is 9.92. The van der Waals surface area contributed by atoms with Gasteiger partial charge in [0.05, 0.1) is 10.9 Å². The second-order valence-corrected chi connectivity index (χ2v) is 11.4. The predicted octanol–water partition coefficient (Wildman–Crippen LogP) is 3.61. The molecule has 1 N–H and O–H groups in total. The highest BCUT2D eigenvalue weighted by atomic mass is 32.2. The van der Waals surface area contributed by atoms with Crippen LogP contribution in [0, 0.1) is 5.92 Å². The summed E-state index contributed by atoms with van der Waals surface area (Å²) in [6.07, 6.45) is 5.29. The van der Waals surface area contributed by atoms with E-state index in [1.54, 1.807) is 6.07 Å². The van der Waals surface area contributed by atoms with Crippen LogP contribution in [0.3, 0.4) is 0 Å². The van der Waals surface area contributed by atoms with Gasteiger partial charge in [0, 0.05) is 19.0 Å². The summed E-state index contributed by atoms with van der Waals surface area (Å²) in [5.41, 5.74) is 3.38. The highest BCUT2D eigenvalue weighted by Gasteiger charge is 2.33. The fourth-order valence-electron chi connectivity index (χ4n) is 5.12. The van der Waals surface area contributed by atoms with E-state index in [2.05, 4.69) is 5.32 Å². The number of hydrogen-bond acceptors (Lipinski definition) is 5. The molecule has 3 aliphatic rings. The van der Waals surface area contributed by atoms with Crippen LogP contribution in [0.5, 0.6) is 11.5 Å². The van der Waals surface area contributed by atoms with Gasteiger partial charge in [-0.1, -0.05) is 12.1 Å². The van der Waals surface area contributed by atoms with Crippen LogP contribution in [-0.2, 0) is 27.7 Å². The molecule has 1 saturated heterocycles. The lowest BCUT2D eigenvalue weighted by Gasteiger charge is -2.31. The number of carbonyl (C=O) groups is 1. The quantitative estimate of drug-likeness (QED) is 0.701. The molecule has 182 valence electrons. The Morgan fingerprint density at radius 2 is 1.68 bits per heavy atom. The second kappa shape index (κ2) is 9.58. The Bertz CT molecular complexity index is 1170. The van der Waals surface area contributed by atoms with Gasteiger partial charge in [-0.15, -0.1) is 0 Å². The maximum absolute atomic E-state index is 13.2. The third-order valence-electron chi connectivity index (χ3n) is 7.21. The molecule has 0 saturated carbocycles. The lowest BCUT2D eigenvalue weighted by Crippen LogP contribution is -2.43. The minimum atomic E-state index is -3.54. The number of hydrogen-bond donors (Lipinski definition) is 1. The van der Waals surface area contributed by atoms with Crippen LogP contribution in [0.25, 0.3) is 0 Å². The van der Waals surface area contributed by atoms with Gasteiger partial charge < -0.3 is 14.8 Å². The third kappa shape index (κ3) is 4.66. The summed E-state index contributed by atoms with van der Waals surface area (Å²) >= 11 is 0. The number of aryl methyl sites for hydroxylation is 2. The van der Waals surface area contributed by atoms with Gasteiger partial charge in [-0.25, -0.2) is 8.42 Å². The monoisotopic (exact) mass is 484 g/mol. The van der Waals surface area contributed by atoms with E-state index in [4.69, 9.17) is 9.47 Å². The smallest absolute Gasteiger partial charge is 0.243 e. The first-order valence-electron chi connectivity index (χ1n) is 12.2. The molecule has 0 unspecified atom stereocenters. The largest absolute Gasteiger partial charge is 0.486 e. The number of rotatable bonds is 5. The number of benzene rings is 2. The maximum Gasteiger partial charge on any atom is 0.243 e. The zero-order chi connectivity index (χ0) is 23.7. The van der Waals surface area contributed by atoms with Crippen molar-refractivity contribution in [2.24, 2.45) is 5.92 Å².